The Kier molecular flexibility index (Phi) is 5.31. The summed E-state index contributed by atoms with van der Waals surface area (Å²) in [5.41, 5.74) is 3.61. The van der Waals surface area contributed by atoms with Crippen molar-refractivity contribution in [1.82, 2.24) is 9.55 Å². The van der Waals surface area contributed by atoms with Gasteiger partial charge in [0.2, 0.25) is 5.91 Å². The van der Waals surface area contributed by atoms with Crippen LogP contribution in [0.3, 0.4) is 0 Å². The molecule has 0 N–H and O–H groups in total. The molecule has 3 aromatic carbocycles. The SMILES string of the molecule is CCCN1C(=O)C(Cc2nc3ccccc3c(=O)n2Cc2ccccc2)c2ccccc21. The number of benzene rings is 3. The summed E-state index contributed by atoms with van der Waals surface area (Å²) >= 11 is 0. The number of nitrogens with zero attached hydrogens (tertiary/aromatic N) is 3. The van der Waals surface area contributed by atoms with Gasteiger partial charge in [-0.3, -0.25) is 14.2 Å². The van der Waals surface area contributed by atoms with Crippen LogP contribution in [-0.2, 0) is 17.8 Å². The quantitative estimate of drug-likeness (QED) is 0.458. The number of anilines is 1. The molecule has 5 heteroatoms. The molecular weight excluding hydrogens is 398 g/mol. The van der Waals surface area contributed by atoms with Crippen LogP contribution in [0.4, 0.5) is 5.69 Å². The summed E-state index contributed by atoms with van der Waals surface area (Å²) < 4.78 is 1.73. The zero-order valence-corrected chi connectivity index (χ0v) is 18.1. The highest BCUT2D eigenvalue weighted by atomic mass is 16.2. The number of aromatic nitrogens is 2. The molecule has 1 amide bonds. The van der Waals surface area contributed by atoms with Crippen LogP contribution in [0.2, 0.25) is 0 Å². The minimum absolute atomic E-state index is 0.0707. The molecule has 2 heterocycles. The maximum atomic E-state index is 13.4. The number of para-hydroxylation sites is 2. The minimum atomic E-state index is -0.340. The molecule has 1 unspecified atom stereocenters. The Morgan fingerprint density at radius 2 is 1.59 bits per heavy atom. The molecule has 0 fully saturated rings. The van der Waals surface area contributed by atoms with Gasteiger partial charge in [-0.1, -0.05) is 67.6 Å². The van der Waals surface area contributed by atoms with Crippen molar-refractivity contribution in [2.24, 2.45) is 0 Å². The smallest absolute Gasteiger partial charge is 0.261 e. The fraction of sp³-hybridized carbons (Fsp3) is 0.222. The van der Waals surface area contributed by atoms with E-state index >= 15 is 0 Å². The zero-order valence-electron chi connectivity index (χ0n) is 18.1. The molecule has 5 nitrogen and oxygen atoms in total. The van der Waals surface area contributed by atoms with Gasteiger partial charge in [0.25, 0.3) is 5.56 Å². The summed E-state index contributed by atoms with van der Waals surface area (Å²) in [7, 11) is 0. The van der Waals surface area contributed by atoms with E-state index in [1.54, 1.807) is 4.57 Å². The van der Waals surface area contributed by atoms with Gasteiger partial charge in [-0.05, 0) is 35.7 Å². The largest absolute Gasteiger partial charge is 0.312 e. The number of hydrogen-bond donors (Lipinski definition) is 0. The number of carbonyl (C=O) groups is 1. The van der Waals surface area contributed by atoms with E-state index in [0.29, 0.717) is 36.2 Å². The molecule has 5 rings (SSSR count). The Morgan fingerprint density at radius 3 is 2.41 bits per heavy atom. The van der Waals surface area contributed by atoms with Crippen molar-refractivity contribution < 1.29 is 4.79 Å². The van der Waals surface area contributed by atoms with Gasteiger partial charge in [0.15, 0.2) is 0 Å². The molecule has 1 atom stereocenters. The van der Waals surface area contributed by atoms with E-state index < -0.39 is 0 Å². The molecule has 4 aromatic rings. The molecule has 0 bridgehead atoms. The van der Waals surface area contributed by atoms with E-state index in [1.807, 2.05) is 83.8 Å². The first kappa shape index (κ1) is 20.2. The van der Waals surface area contributed by atoms with Gasteiger partial charge < -0.3 is 4.90 Å². The number of carbonyl (C=O) groups excluding carboxylic acids is 1. The van der Waals surface area contributed by atoms with Gasteiger partial charge in [-0.2, -0.15) is 0 Å². The minimum Gasteiger partial charge on any atom is -0.312 e. The first-order valence-corrected chi connectivity index (χ1v) is 11.1. The van der Waals surface area contributed by atoms with Crippen LogP contribution < -0.4 is 10.5 Å². The van der Waals surface area contributed by atoms with Crippen LogP contribution in [0.5, 0.6) is 0 Å². The lowest BCUT2D eigenvalue weighted by molar-refractivity contribution is -0.119. The van der Waals surface area contributed by atoms with Crippen LogP contribution >= 0.6 is 0 Å². The molecule has 32 heavy (non-hydrogen) atoms. The summed E-state index contributed by atoms with van der Waals surface area (Å²) in [5.74, 6) is 0.388. The van der Waals surface area contributed by atoms with Crippen LogP contribution in [-0.4, -0.2) is 22.0 Å². The number of fused-ring (bicyclic) bond motifs is 2. The third-order valence-corrected chi connectivity index (χ3v) is 6.13. The Morgan fingerprint density at radius 1 is 0.875 bits per heavy atom. The standard InChI is InChI=1S/C27H25N3O2/c1-2-16-29-24-15-9-7-12-20(24)22(27(29)32)17-25-28-23-14-8-6-13-21(23)26(31)30(25)18-19-10-4-3-5-11-19/h3-15,22H,2,16-18H2,1H3. The lowest BCUT2D eigenvalue weighted by Gasteiger charge is -2.18. The molecule has 0 spiro atoms. The molecule has 0 saturated carbocycles. The maximum Gasteiger partial charge on any atom is 0.261 e. The summed E-state index contributed by atoms with van der Waals surface area (Å²) in [6, 6.07) is 25.3. The Labute approximate surface area is 187 Å². The summed E-state index contributed by atoms with van der Waals surface area (Å²) in [6.07, 6.45) is 1.28. The molecule has 0 aliphatic carbocycles. The highest BCUT2D eigenvalue weighted by Crippen LogP contribution is 2.39. The molecule has 1 aromatic heterocycles. The van der Waals surface area contributed by atoms with Gasteiger partial charge in [-0.15, -0.1) is 0 Å². The third kappa shape index (κ3) is 3.50. The van der Waals surface area contributed by atoms with E-state index in [0.717, 1.165) is 23.2 Å². The van der Waals surface area contributed by atoms with Gasteiger partial charge in [0.05, 0.1) is 23.4 Å². The number of hydrogen-bond acceptors (Lipinski definition) is 3. The second kappa shape index (κ2) is 8.42. The highest BCUT2D eigenvalue weighted by molar-refractivity contribution is 6.05. The predicted molar refractivity (Wildman–Crippen MR) is 127 cm³/mol. The second-order valence-electron chi connectivity index (χ2n) is 8.23. The predicted octanol–water partition coefficient (Wildman–Crippen LogP) is 4.53. The number of amides is 1. The third-order valence-electron chi connectivity index (χ3n) is 6.13. The topological polar surface area (TPSA) is 55.2 Å². The van der Waals surface area contributed by atoms with Gasteiger partial charge in [-0.25, -0.2) is 4.98 Å². The van der Waals surface area contributed by atoms with E-state index in [9.17, 15) is 9.59 Å². The lowest BCUT2D eigenvalue weighted by Crippen LogP contribution is -2.32. The molecule has 160 valence electrons. The Hall–Kier alpha value is -3.73. The first-order chi connectivity index (χ1) is 15.7. The average molecular weight is 424 g/mol. The lowest BCUT2D eigenvalue weighted by atomic mass is 9.96. The van der Waals surface area contributed by atoms with Crippen molar-refractivity contribution in [1.29, 1.82) is 0 Å². The van der Waals surface area contributed by atoms with E-state index in [2.05, 4.69) is 6.92 Å². The summed E-state index contributed by atoms with van der Waals surface area (Å²) in [4.78, 5) is 33.6. The maximum absolute atomic E-state index is 13.4. The van der Waals surface area contributed by atoms with Crippen molar-refractivity contribution in [3.8, 4) is 0 Å². The van der Waals surface area contributed by atoms with Crippen molar-refractivity contribution in [2.75, 3.05) is 11.4 Å². The molecule has 0 radical (unpaired) electrons. The van der Waals surface area contributed by atoms with Gasteiger partial charge >= 0.3 is 0 Å². The molecule has 1 aliphatic rings. The monoisotopic (exact) mass is 423 g/mol. The fourth-order valence-corrected chi connectivity index (χ4v) is 4.60. The average Bonchev–Trinajstić information content (AvgIpc) is 3.08. The van der Waals surface area contributed by atoms with Crippen molar-refractivity contribution >= 4 is 22.5 Å². The summed E-state index contributed by atoms with van der Waals surface area (Å²) in [6.45, 7) is 3.19. The van der Waals surface area contributed by atoms with Crippen LogP contribution in [0.1, 0.15) is 36.2 Å². The van der Waals surface area contributed by atoms with E-state index in [1.165, 1.54) is 0 Å². The molecular formula is C27H25N3O2. The zero-order chi connectivity index (χ0) is 22.1. The van der Waals surface area contributed by atoms with Crippen molar-refractivity contribution in [2.45, 2.75) is 32.2 Å². The molecule has 1 aliphatic heterocycles. The van der Waals surface area contributed by atoms with Crippen LogP contribution in [0, 0.1) is 0 Å². The Bertz CT molecular complexity index is 1340. The Balaban J connectivity index is 1.62. The van der Waals surface area contributed by atoms with Crippen molar-refractivity contribution in [3.05, 3.63) is 106 Å². The second-order valence-corrected chi connectivity index (χ2v) is 8.23. The van der Waals surface area contributed by atoms with E-state index in [-0.39, 0.29) is 17.4 Å². The fourth-order valence-electron chi connectivity index (χ4n) is 4.60. The van der Waals surface area contributed by atoms with Crippen LogP contribution in [0.15, 0.2) is 83.7 Å². The highest BCUT2D eigenvalue weighted by Gasteiger charge is 2.37. The normalized spacial score (nSPS) is 15.3. The van der Waals surface area contributed by atoms with Gasteiger partial charge in [0.1, 0.15) is 5.82 Å². The van der Waals surface area contributed by atoms with Crippen LogP contribution in [0.25, 0.3) is 10.9 Å². The van der Waals surface area contributed by atoms with Crippen molar-refractivity contribution in [3.63, 3.8) is 0 Å². The summed E-state index contributed by atoms with van der Waals surface area (Å²) in [5, 5.41) is 0.595. The van der Waals surface area contributed by atoms with Gasteiger partial charge in [0, 0.05) is 18.7 Å². The number of rotatable bonds is 6. The first-order valence-electron chi connectivity index (χ1n) is 11.1. The molecule has 0 saturated heterocycles. The van der Waals surface area contributed by atoms with E-state index in [4.69, 9.17) is 4.98 Å².